The van der Waals surface area contributed by atoms with Gasteiger partial charge in [-0.15, -0.1) is 23.5 Å². The number of rotatable bonds is 10. The highest BCUT2D eigenvalue weighted by molar-refractivity contribution is 8.19. The van der Waals surface area contributed by atoms with Crippen LogP contribution in [0.5, 0.6) is 0 Å². The summed E-state index contributed by atoms with van der Waals surface area (Å²) in [7, 11) is 0. The van der Waals surface area contributed by atoms with Crippen molar-refractivity contribution in [1.29, 1.82) is 0 Å². The lowest BCUT2D eigenvalue weighted by molar-refractivity contribution is -0.141. The van der Waals surface area contributed by atoms with E-state index in [1.54, 1.807) is 11.8 Å². The average molecular weight is 398 g/mol. The third kappa shape index (κ3) is 6.21. The molecule has 0 aromatic heterocycles. The zero-order valence-corrected chi connectivity index (χ0v) is 17.0. The van der Waals surface area contributed by atoms with Crippen molar-refractivity contribution in [2.45, 2.75) is 24.9 Å². The Kier molecular flexibility index (Phi) is 8.81. The summed E-state index contributed by atoms with van der Waals surface area (Å²) in [5.41, 5.74) is 1.84. The number of ether oxygens (including phenoxy) is 1. The molecule has 26 heavy (non-hydrogen) atoms. The van der Waals surface area contributed by atoms with E-state index in [0.717, 1.165) is 11.5 Å². The van der Waals surface area contributed by atoms with Gasteiger partial charge in [0.1, 0.15) is 0 Å². The fourth-order valence-corrected chi connectivity index (χ4v) is 5.56. The molecule has 0 bridgehead atoms. The van der Waals surface area contributed by atoms with Crippen LogP contribution in [0.4, 0.5) is 0 Å². The summed E-state index contributed by atoms with van der Waals surface area (Å²) in [6.45, 7) is 5.46. The lowest BCUT2D eigenvalue weighted by Crippen LogP contribution is -2.38. The SMILES string of the molecule is CCOCCCN(CC(C)C(=O)O)C(=O)c1ccc(C2SCCS2)cc1. The Hall–Kier alpha value is -1.18. The number of carbonyl (C=O) groups excluding carboxylic acids is 1. The van der Waals surface area contributed by atoms with Crippen molar-refractivity contribution in [1.82, 2.24) is 4.90 Å². The molecule has 1 N–H and O–H groups in total. The maximum atomic E-state index is 12.9. The molecule has 1 aromatic carbocycles. The van der Waals surface area contributed by atoms with Crippen molar-refractivity contribution in [3.63, 3.8) is 0 Å². The van der Waals surface area contributed by atoms with E-state index in [0.29, 0.717) is 36.3 Å². The number of nitrogens with zero attached hydrogens (tertiary/aromatic N) is 1. The molecule has 1 unspecified atom stereocenters. The Morgan fingerprint density at radius 2 is 1.92 bits per heavy atom. The molecule has 1 amide bonds. The summed E-state index contributed by atoms with van der Waals surface area (Å²) < 4.78 is 5.79. The first-order chi connectivity index (χ1) is 12.5. The summed E-state index contributed by atoms with van der Waals surface area (Å²) in [6, 6.07) is 7.75. The third-order valence-electron chi connectivity index (χ3n) is 4.18. The minimum absolute atomic E-state index is 0.118. The van der Waals surface area contributed by atoms with Crippen molar-refractivity contribution in [3.8, 4) is 0 Å². The summed E-state index contributed by atoms with van der Waals surface area (Å²) in [6.07, 6.45) is 0.694. The zero-order chi connectivity index (χ0) is 18.9. The van der Waals surface area contributed by atoms with E-state index in [1.165, 1.54) is 5.56 Å². The molecule has 1 aromatic rings. The predicted octanol–water partition coefficient (Wildman–Crippen LogP) is 3.75. The van der Waals surface area contributed by atoms with Crippen LogP contribution in [0.15, 0.2) is 24.3 Å². The minimum atomic E-state index is -0.891. The van der Waals surface area contributed by atoms with Crippen molar-refractivity contribution in [2.24, 2.45) is 5.92 Å². The van der Waals surface area contributed by atoms with Crippen LogP contribution in [0.1, 0.15) is 40.8 Å². The molecule has 1 aliphatic heterocycles. The van der Waals surface area contributed by atoms with Crippen molar-refractivity contribution < 1.29 is 19.4 Å². The molecule has 1 fully saturated rings. The third-order valence-corrected chi connectivity index (χ3v) is 7.28. The van der Waals surface area contributed by atoms with Crippen LogP contribution < -0.4 is 0 Å². The van der Waals surface area contributed by atoms with Gasteiger partial charge >= 0.3 is 5.97 Å². The number of benzene rings is 1. The van der Waals surface area contributed by atoms with Gasteiger partial charge in [0, 0.05) is 43.4 Å². The van der Waals surface area contributed by atoms with Gasteiger partial charge in [-0.1, -0.05) is 19.1 Å². The Morgan fingerprint density at radius 1 is 1.27 bits per heavy atom. The quantitative estimate of drug-likeness (QED) is 0.607. The van der Waals surface area contributed by atoms with Gasteiger partial charge in [-0.2, -0.15) is 0 Å². The number of carboxylic acid groups (broad SMARTS) is 1. The van der Waals surface area contributed by atoms with Crippen LogP contribution in [-0.2, 0) is 9.53 Å². The number of amides is 1. The molecule has 1 atom stereocenters. The molecule has 1 aliphatic rings. The molecule has 2 rings (SSSR count). The fraction of sp³-hybridized carbons (Fsp3) is 0.579. The Morgan fingerprint density at radius 3 is 2.50 bits per heavy atom. The van der Waals surface area contributed by atoms with Crippen LogP contribution in [0.2, 0.25) is 0 Å². The van der Waals surface area contributed by atoms with Crippen LogP contribution in [0.25, 0.3) is 0 Å². The van der Waals surface area contributed by atoms with Gasteiger partial charge < -0.3 is 14.7 Å². The maximum absolute atomic E-state index is 12.9. The number of carbonyl (C=O) groups is 2. The molecule has 0 saturated carbocycles. The maximum Gasteiger partial charge on any atom is 0.308 e. The second-order valence-corrected chi connectivity index (χ2v) is 8.96. The smallest absolute Gasteiger partial charge is 0.308 e. The van der Waals surface area contributed by atoms with Gasteiger partial charge in [0.15, 0.2) is 0 Å². The van der Waals surface area contributed by atoms with Crippen molar-refractivity contribution in [2.75, 3.05) is 37.8 Å². The van der Waals surface area contributed by atoms with E-state index in [2.05, 4.69) is 0 Å². The van der Waals surface area contributed by atoms with E-state index >= 15 is 0 Å². The van der Waals surface area contributed by atoms with Gasteiger partial charge in [-0.25, -0.2) is 0 Å². The number of aliphatic carboxylic acids is 1. The van der Waals surface area contributed by atoms with Gasteiger partial charge in [-0.3, -0.25) is 9.59 Å². The summed E-state index contributed by atoms with van der Waals surface area (Å²) in [5, 5.41) is 9.18. The molecular formula is C19H27NO4S2. The lowest BCUT2D eigenvalue weighted by Gasteiger charge is -2.25. The van der Waals surface area contributed by atoms with Crippen LogP contribution in [-0.4, -0.2) is 59.7 Å². The van der Waals surface area contributed by atoms with Gasteiger partial charge in [0.25, 0.3) is 5.91 Å². The standard InChI is InChI=1S/C19H27NO4S2/c1-3-24-10-4-9-20(13-14(2)18(22)23)17(21)15-5-7-16(8-6-15)19-25-11-12-26-19/h5-8,14,19H,3-4,9-13H2,1-2H3,(H,22,23). The molecule has 7 heteroatoms. The molecule has 1 heterocycles. The Labute approximate surface area is 163 Å². The van der Waals surface area contributed by atoms with E-state index in [1.807, 2.05) is 54.7 Å². The second kappa shape index (κ2) is 10.8. The Balaban J connectivity index is 2.03. The van der Waals surface area contributed by atoms with Gasteiger partial charge in [0.2, 0.25) is 0 Å². The lowest BCUT2D eigenvalue weighted by atomic mass is 10.1. The number of hydrogen-bond acceptors (Lipinski definition) is 5. The Bertz CT molecular complexity index is 588. The van der Waals surface area contributed by atoms with Gasteiger partial charge in [-0.05, 0) is 31.0 Å². The topological polar surface area (TPSA) is 66.8 Å². The minimum Gasteiger partial charge on any atom is -0.481 e. The summed E-state index contributed by atoms with van der Waals surface area (Å²) >= 11 is 3.86. The van der Waals surface area contributed by atoms with Crippen LogP contribution in [0, 0.1) is 5.92 Å². The van der Waals surface area contributed by atoms with Crippen molar-refractivity contribution >= 4 is 35.4 Å². The molecular weight excluding hydrogens is 370 g/mol. The zero-order valence-electron chi connectivity index (χ0n) is 15.3. The highest BCUT2D eigenvalue weighted by atomic mass is 32.2. The molecule has 0 radical (unpaired) electrons. The first-order valence-electron chi connectivity index (χ1n) is 8.96. The van der Waals surface area contributed by atoms with E-state index in [4.69, 9.17) is 4.74 Å². The second-order valence-electron chi connectivity index (χ2n) is 6.24. The fourth-order valence-electron chi connectivity index (χ4n) is 2.70. The molecule has 5 nitrogen and oxygen atoms in total. The molecule has 0 aliphatic carbocycles. The molecule has 1 saturated heterocycles. The first-order valence-corrected chi connectivity index (χ1v) is 11.1. The van der Waals surface area contributed by atoms with Gasteiger partial charge in [0.05, 0.1) is 10.5 Å². The van der Waals surface area contributed by atoms with E-state index in [9.17, 15) is 14.7 Å². The molecule has 0 spiro atoms. The predicted molar refractivity (Wildman–Crippen MR) is 108 cm³/mol. The normalized spacial score (nSPS) is 15.8. The van der Waals surface area contributed by atoms with E-state index < -0.39 is 11.9 Å². The number of hydrogen-bond donors (Lipinski definition) is 1. The highest BCUT2D eigenvalue weighted by Crippen LogP contribution is 2.45. The molecule has 144 valence electrons. The van der Waals surface area contributed by atoms with Crippen LogP contribution >= 0.6 is 23.5 Å². The summed E-state index contributed by atoms with van der Waals surface area (Å²) in [4.78, 5) is 25.7. The summed E-state index contributed by atoms with van der Waals surface area (Å²) in [5.74, 6) is 0.718. The van der Waals surface area contributed by atoms with Crippen LogP contribution in [0.3, 0.4) is 0 Å². The van der Waals surface area contributed by atoms with Crippen molar-refractivity contribution in [3.05, 3.63) is 35.4 Å². The largest absolute Gasteiger partial charge is 0.481 e. The number of thioether (sulfide) groups is 2. The van der Waals surface area contributed by atoms with E-state index in [-0.39, 0.29) is 12.5 Å². The highest BCUT2D eigenvalue weighted by Gasteiger charge is 2.23. The monoisotopic (exact) mass is 397 g/mol. The average Bonchev–Trinajstić information content (AvgIpc) is 3.18. The number of carboxylic acids is 1. The first kappa shape index (κ1) is 21.1.